The zero-order valence-corrected chi connectivity index (χ0v) is 17.5. The summed E-state index contributed by atoms with van der Waals surface area (Å²) in [7, 11) is 0. The summed E-state index contributed by atoms with van der Waals surface area (Å²) in [4.78, 5) is 11.5. The number of benzene rings is 1. The van der Waals surface area contributed by atoms with Crippen molar-refractivity contribution in [3.63, 3.8) is 0 Å². The molecule has 2 aliphatic heterocycles. The predicted molar refractivity (Wildman–Crippen MR) is 108 cm³/mol. The molecule has 0 bridgehead atoms. The molecule has 0 aliphatic carbocycles. The fourth-order valence-corrected chi connectivity index (χ4v) is 3.83. The van der Waals surface area contributed by atoms with Gasteiger partial charge in [-0.25, -0.2) is 4.79 Å². The van der Waals surface area contributed by atoms with E-state index in [-0.39, 0.29) is 11.3 Å². The van der Waals surface area contributed by atoms with E-state index in [2.05, 4.69) is 0 Å². The van der Waals surface area contributed by atoms with Crippen molar-refractivity contribution >= 4 is 11.0 Å². The van der Waals surface area contributed by atoms with Crippen LogP contribution in [0.2, 0.25) is 0 Å². The molecule has 3 heterocycles. The first kappa shape index (κ1) is 24.0. The molecule has 0 saturated carbocycles. The summed E-state index contributed by atoms with van der Waals surface area (Å²) in [5.41, 5.74) is -0.337. The Morgan fingerprint density at radius 2 is 1.61 bits per heavy atom. The Morgan fingerprint density at radius 1 is 0.879 bits per heavy atom. The summed E-state index contributed by atoms with van der Waals surface area (Å²) >= 11 is 0. The molecular weight excluding hydrogens is 444 g/mol. The SMILES string of the molecule is CC1OC(OC2C(Oc3ccc4ccc(=O)oc4c3)OC(CO)C(O)C2O)C(O)C(O)C1O. The van der Waals surface area contributed by atoms with Gasteiger partial charge >= 0.3 is 5.63 Å². The van der Waals surface area contributed by atoms with E-state index in [0.717, 1.165) is 0 Å². The molecule has 12 heteroatoms. The molecule has 182 valence electrons. The quantitative estimate of drug-likeness (QED) is 0.260. The lowest BCUT2D eigenvalue weighted by Crippen LogP contribution is -2.64. The summed E-state index contributed by atoms with van der Waals surface area (Å²) in [6.07, 6.45) is -14.3. The third kappa shape index (κ3) is 4.75. The lowest BCUT2D eigenvalue weighted by Gasteiger charge is -2.45. The van der Waals surface area contributed by atoms with Gasteiger partial charge in [0.15, 0.2) is 12.4 Å². The third-order valence-electron chi connectivity index (χ3n) is 5.77. The maximum absolute atomic E-state index is 11.5. The van der Waals surface area contributed by atoms with Crippen LogP contribution in [0, 0.1) is 0 Å². The van der Waals surface area contributed by atoms with Crippen LogP contribution < -0.4 is 10.4 Å². The second-order valence-electron chi connectivity index (χ2n) is 8.06. The molecule has 10 unspecified atom stereocenters. The summed E-state index contributed by atoms with van der Waals surface area (Å²) in [5, 5.41) is 61.2. The van der Waals surface area contributed by atoms with Crippen molar-refractivity contribution in [1.29, 1.82) is 0 Å². The van der Waals surface area contributed by atoms with Crippen molar-refractivity contribution in [2.45, 2.75) is 68.3 Å². The van der Waals surface area contributed by atoms with Crippen LogP contribution in [0.15, 0.2) is 39.5 Å². The Labute approximate surface area is 187 Å². The Morgan fingerprint density at radius 3 is 2.33 bits per heavy atom. The molecule has 0 radical (unpaired) electrons. The molecule has 6 N–H and O–H groups in total. The van der Waals surface area contributed by atoms with E-state index >= 15 is 0 Å². The van der Waals surface area contributed by atoms with Gasteiger partial charge in [-0.3, -0.25) is 0 Å². The van der Waals surface area contributed by atoms with E-state index < -0.39 is 73.6 Å². The summed E-state index contributed by atoms with van der Waals surface area (Å²) < 4.78 is 27.5. The van der Waals surface area contributed by atoms with Gasteiger partial charge in [-0.05, 0) is 25.1 Å². The van der Waals surface area contributed by atoms with Crippen molar-refractivity contribution in [1.82, 2.24) is 0 Å². The fraction of sp³-hybridized carbons (Fsp3) is 0.571. The minimum Gasteiger partial charge on any atom is -0.462 e. The van der Waals surface area contributed by atoms with Gasteiger partial charge in [0.1, 0.15) is 48.0 Å². The minimum atomic E-state index is -1.67. The van der Waals surface area contributed by atoms with Crippen LogP contribution in [-0.2, 0) is 14.2 Å². The van der Waals surface area contributed by atoms with E-state index in [1.54, 1.807) is 18.2 Å². The van der Waals surface area contributed by atoms with Crippen LogP contribution in [0.5, 0.6) is 5.75 Å². The highest BCUT2D eigenvalue weighted by Crippen LogP contribution is 2.31. The number of hydrogen-bond acceptors (Lipinski definition) is 12. The van der Waals surface area contributed by atoms with Crippen LogP contribution in [0.3, 0.4) is 0 Å². The second-order valence-corrected chi connectivity index (χ2v) is 8.06. The van der Waals surface area contributed by atoms with Gasteiger partial charge in [0, 0.05) is 17.5 Å². The Balaban J connectivity index is 1.60. The van der Waals surface area contributed by atoms with Crippen LogP contribution in [0.4, 0.5) is 0 Å². The Hall–Kier alpha value is -2.13. The molecule has 0 amide bonds. The van der Waals surface area contributed by atoms with E-state index in [0.29, 0.717) is 5.39 Å². The molecule has 10 atom stereocenters. The topological polar surface area (TPSA) is 189 Å². The minimum absolute atomic E-state index is 0.157. The molecule has 2 saturated heterocycles. The maximum atomic E-state index is 11.5. The maximum Gasteiger partial charge on any atom is 0.336 e. The molecule has 4 rings (SSSR count). The summed E-state index contributed by atoms with van der Waals surface area (Å²) in [6.45, 7) is 0.819. The summed E-state index contributed by atoms with van der Waals surface area (Å²) in [6, 6.07) is 7.41. The molecule has 0 spiro atoms. The van der Waals surface area contributed by atoms with Gasteiger partial charge in [-0.15, -0.1) is 0 Å². The Kier molecular flexibility index (Phi) is 7.00. The average molecular weight is 470 g/mol. The van der Waals surface area contributed by atoms with E-state index in [1.165, 1.54) is 19.1 Å². The number of aliphatic hydroxyl groups excluding tert-OH is 6. The van der Waals surface area contributed by atoms with Crippen LogP contribution in [0.25, 0.3) is 11.0 Å². The molecule has 12 nitrogen and oxygen atoms in total. The molecular formula is C21H26O12. The van der Waals surface area contributed by atoms with Crippen molar-refractivity contribution in [2.24, 2.45) is 0 Å². The first-order valence-electron chi connectivity index (χ1n) is 10.4. The van der Waals surface area contributed by atoms with Crippen molar-refractivity contribution < 1.29 is 54.0 Å². The van der Waals surface area contributed by atoms with Crippen molar-refractivity contribution in [2.75, 3.05) is 6.61 Å². The fourth-order valence-electron chi connectivity index (χ4n) is 3.83. The highest BCUT2D eigenvalue weighted by molar-refractivity contribution is 5.77. The number of fused-ring (bicyclic) bond motifs is 1. The van der Waals surface area contributed by atoms with E-state index in [9.17, 15) is 35.4 Å². The van der Waals surface area contributed by atoms with Crippen LogP contribution >= 0.6 is 0 Å². The van der Waals surface area contributed by atoms with Gasteiger partial charge in [0.2, 0.25) is 6.29 Å². The van der Waals surface area contributed by atoms with E-state index in [1.807, 2.05) is 0 Å². The van der Waals surface area contributed by atoms with Crippen LogP contribution in [-0.4, -0.2) is 98.7 Å². The highest BCUT2D eigenvalue weighted by Gasteiger charge is 2.50. The summed E-state index contributed by atoms with van der Waals surface area (Å²) in [5.74, 6) is 0.157. The van der Waals surface area contributed by atoms with Gasteiger partial charge in [-0.2, -0.15) is 0 Å². The standard InChI is InChI=1S/C21H26O12/c1-8-14(24)16(26)18(28)20(29-8)33-19-17(27)15(25)12(7-22)32-21(19)30-10-4-2-9-3-5-13(23)31-11(9)6-10/h2-6,8,12,14-22,24-28H,7H2,1H3. The van der Waals surface area contributed by atoms with Crippen molar-refractivity contribution in [3.8, 4) is 5.75 Å². The second kappa shape index (κ2) is 9.62. The molecule has 1 aromatic carbocycles. The third-order valence-corrected chi connectivity index (χ3v) is 5.77. The molecule has 2 aliphatic rings. The van der Waals surface area contributed by atoms with Crippen LogP contribution in [0.1, 0.15) is 6.92 Å². The van der Waals surface area contributed by atoms with Gasteiger partial charge in [0.25, 0.3) is 0 Å². The molecule has 2 fully saturated rings. The first-order chi connectivity index (χ1) is 15.7. The highest BCUT2D eigenvalue weighted by atomic mass is 16.8. The molecule has 2 aromatic rings. The molecule has 33 heavy (non-hydrogen) atoms. The first-order valence-corrected chi connectivity index (χ1v) is 10.4. The van der Waals surface area contributed by atoms with E-state index in [4.69, 9.17) is 23.4 Å². The number of rotatable bonds is 5. The van der Waals surface area contributed by atoms with Crippen molar-refractivity contribution in [3.05, 3.63) is 40.8 Å². The number of ether oxygens (including phenoxy) is 4. The molecule has 1 aromatic heterocycles. The Bertz CT molecular complexity index is 1010. The largest absolute Gasteiger partial charge is 0.462 e. The smallest absolute Gasteiger partial charge is 0.336 e. The lowest BCUT2D eigenvalue weighted by atomic mass is 9.97. The number of hydrogen-bond donors (Lipinski definition) is 6. The van der Waals surface area contributed by atoms with Gasteiger partial charge in [0.05, 0.1) is 12.7 Å². The number of aliphatic hydroxyl groups is 6. The average Bonchev–Trinajstić information content (AvgIpc) is 2.80. The zero-order chi connectivity index (χ0) is 23.9. The van der Waals surface area contributed by atoms with Gasteiger partial charge < -0.3 is 54.0 Å². The monoisotopic (exact) mass is 470 g/mol. The lowest BCUT2D eigenvalue weighted by molar-refractivity contribution is -0.354. The predicted octanol–water partition coefficient (Wildman–Crippen LogP) is -2.18. The van der Waals surface area contributed by atoms with Gasteiger partial charge in [-0.1, -0.05) is 0 Å². The normalized spacial score (nSPS) is 39.5. The zero-order valence-electron chi connectivity index (χ0n) is 17.5.